The molecular formula is C3H6BrSm-. The van der Waals surface area contributed by atoms with Gasteiger partial charge in [0.1, 0.15) is 0 Å². The molecule has 0 aromatic rings. The van der Waals surface area contributed by atoms with Gasteiger partial charge < -0.3 is 0 Å². The average molecular weight is 272 g/mol. The van der Waals surface area contributed by atoms with Crippen molar-refractivity contribution < 1.29 is 40.4 Å². The van der Waals surface area contributed by atoms with Crippen LogP contribution < -0.4 is 0 Å². The summed E-state index contributed by atoms with van der Waals surface area (Å²) in [5, 5.41) is 0. The van der Waals surface area contributed by atoms with Gasteiger partial charge in [0.25, 0.3) is 0 Å². The van der Waals surface area contributed by atoms with Crippen LogP contribution in [-0.4, -0.2) is 0 Å². The van der Waals surface area contributed by atoms with E-state index in [0.717, 1.165) is 0 Å². The molecule has 0 N–H and O–H groups in total. The molecule has 0 fully saturated rings. The first-order chi connectivity index (χ1) is 1.41. The summed E-state index contributed by atoms with van der Waals surface area (Å²) < 4.78 is 0. The molecule has 2 heteroatoms. The molecule has 0 saturated carbocycles. The van der Waals surface area contributed by atoms with Crippen LogP contribution in [0.3, 0.4) is 0 Å². The standard InChI is InChI=1S/C3H5.BrH.Sm/c1-3-2;;/h3H,1-2H2;1H;/q-1;;. The second-order valence-corrected chi connectivity index (χ2v) is 0.289. The number of allylic oxidation sites excluding steroid dienone is 1. The van der Waals surface area contributed by atoms with Crippen molar-refractivity contribution in [2.45, 2.75) is 0 Å². The molecule has 0 aromatic heterocycles. The molecule has 0 nitrogen and oxygen atoms in total. The van der Waals surface area contributed by atoms with Crippen molar-refractivity contribution in [3.63, 3.8) is 0 Å². The third-order valence-corrected chi connectivity index (χ3v) is 0. The van der Waals surface area contributed by atoms with E-state index in [-0.39, 0.29) is 57.4 Å². The molecule has 0 radical (unpaired) electrons. The maximum Gasteiger partial charge on any atom is 0 e. The molecule has 0 aromatic carbocycles. The Morgan fingerprint density at radius 3 is 1.60 bits per heavy atom. The second-order valence-electron chi connectivity index (χ2n) is 0.289. The van der Waals surface area contributed by atoms with Crippen molar-refractivity contribution in [1.82, 2.24) is 0 Å². The van der Waals surface area contributed by atoms with Crippen LogP contribution in [0, 0.1) is 47.3 Å². The molecular weight excluding hydrogens is 266 g/mol. The third-order valence-electron chi connectivity index (χ3n) is 0. The third kappa shape index (κ3) is 31.3. The summed E-state index contributed by atoms with van der Waals surface area (Å²) in [6.07, 6.45) is 1.50. The summed E-state index contributed by atoms with van der Waals surface area (Å²) in [4.78, 5) is 0. The first-order valence-corrected chi connectivity index (χ1v) is 0.816. The fourth-order valence-electron chi connectivity index (χ4n) is 0. The number of hydrogen-bond donors (Lipinski definition) is 0. The Kier molecular flexibility index (Phi) is 58.2. The van der Waals surface area contributed by atoms with Gasteiger partial charge in [-0.1, -0.05) is 0 Å². The summed E-state index contributed by atoms with van der Waals surface area (Å²) in [6.45, 7) is 6.50. The van der Waals surface area contributed by atoms with Gasteiger partial charge in [-0.2, -0.15) is 0 Å². The van der Waals surface area contributed by atoms with Gasteiger partial charge in [-0.3, -0.25) is 0 Å². The van der Waals surface area contributed by atoms with Crippen molar-refractivity contribution in [2.24, 2.45) is 0 Å². The zero-order chi connectivity index (χ0) is 2.71. The van der Waals surface area contributed by atoms with Crippen LogP contribution in [0.1, 0.15) is 0 Å². The normalized spacial score (nSPS) is 2.40. The zero-order valence-corrected chi connectivity index (χ0v) is 7.14. The van der Waals surface area contributed by atoms with Gasteiger partial charge in [0.05, 0.1) is 0 Å². The first kappa shape index (κ1) is 16.1. The first-order valence-electron chi connectivity index (χ1n) is 0.816. The molecule has 0 amide bonds. The van der Waals surface area contributed by atoms with Crippen molar-refractivity contribution in [2.75, 3.05) is 0 Å². The minimum atomic E-state index is 0. The summed E-state index contributed by atoms with van der Waals surface area (Å²) in [5.41, 5.74) is 0. The molecule has 0 bridgehead atoms. The SMILES string of the molecule is Br.C=C[CH2-].[Sm]. The topological polar surface area (TPSA) is 0 Å². The summed E-state index contributed by atoms with van der Waals surface area (Å²) in [5.74, 6) is 0. The molecule has 0 heterocycles. The van der Waals surface area contributed by atoms with Gasteiger partial charge >= 0.3 is 0 Å². The molecule has 0 aliphatic rings. The Balaban J connectivity index is -0.0000000200. The molecule has 32 valence electrons. The molecule has 0 saturated heterocycles. The maximum absolute atomic E-state index is 3.25. The smallest absolute Gasteiger partial charge is 0 e. The Morgan fingerprint density at radius 2 is 1.60 bits per heavy atom. The second kappa shape index (κ2) is 18.1. The zero-order valence-electron chi connectivity index (χ0n) is 2.81. The van der Waals surface area contributed by atoms with Crippen LogP contribution in [0.25, 0.3) is 0 Å². The van der Waals surface area contributed by atoms with E-state index in [2.05, 4.69) is 13.5 Å². The molecule has 0 rings (SSSR count). The van der Waals surface area contributed by atoms with Crippen molar-refractivity contribution in [3.05, 3.63) is 19.6 Å². The maximum atomic E-state index is 3.25. The minimum Gasteiger partial charge on any atom is -0.245 e. The summed E-state index contributed by atoms with van der Waals surface area (Å²) in [7, 11) is 0. The summed E-state index contributed by atoms with van der Waals surface area (Å²) >= 11 is 0. The van der Waals surface area contributed by atoms with E-state index >= 15 is 0 Å². The van der Waals surface area contributed by atoms with Gasteiger partial charge in [-0.15, -0.1) is 17.0 Å². The van der Waals surface area contributed by atoms with Gasteiger partial charge in [-0.05, 0) is 0 Å². The van der Waals surface area contributed by atoms with Gasteiger partial charge in [0, 0.05) is 40.4 Å². The number of rotatable bonds is 0. The van der Waals surface area contributed by atoms with Gasteiger partial charge in [0.2, 0.25) is 0 Å². The van der Waals surface area contributed by atoms with Gasteiger partial charge in [0.15, 0.2) is 0 Å². The van der Waals surface area contributed by atoms with Crippen LogP contribution in [0.15, 0.2) is 12.7 Å². The van der Waals surface area contributed by atoms with Crippen LogP contribution in [-0.2, 0) is 0 Å². The molecule has 0 aliphatic heterocycles. The van der Waals surface area contributed by atoms with E-state index in [4.69, 9.17) is 0 Å². The quantitative estimate of drug-likeness (QED) is 0.587. The Hall–Kier alpha value is 1.43. The number of halogens is 1. The fraction of sp³-hybridized carbons (Fsp3) is 0. The molecule has 0 aliphatic carbocycles. The summed E-state index contributed by atoms with van der Waals surface area (Å²) in [6, 6.07) is 0. The monoisotopic (exact) mass is 273 g/mol. The van der Waals surface area contributed by atoms with E-state index in [1.54, 1.807) is 0 Å². The van der Waals surface area contributed by atoms with Crippen LogP contribution in [0.2, 0.25) is 0 Å². The predicted molar refractivity (Wildman–Crippen MR) is 25.9 cm³/mol. The van der Waals surface area contributed by atoms with Crippen LogP contribution in [0.5, 0.6) is 0 Å². The average Bonchev–Trinajstić information content (AvgIpc) is 0.918. The van der Waals surface area contributed by atoms with Crippen LogP contribution >= 0.6 is 17.0 Å². The van der Waals surface area contributed by atoms with Crippen molar-refractivity contribution >= 4 is 17.0 Å². The van der Waals surface area contributed by atoms with Gasteiger partial charge in [-0.25, -0.2) is 19.6 Å². The minimum absolute atomic E-state index is 0. The largest absolute Gasteiger partial charge is 0.245 e. The Bertz CT molecular complexity index is 14.4. The molecule has 0 spiro atoms. The Labute approximate surface area is 75.9 Å². The van der Waals surface area contributed by atoms with E-state index < -0.39 is 0 Å². The van der Waals surface area contributed by atoms with E-state index in [1.807, 2.05) is 0 Å². The van der Waals surface area contributed by atoms with E-state index in [1.165, 1.54) is 6.08 Å². The van der Waals surface area contributed by atoms with E-state index in [0.29, 0.717) is 0 Å². The molecule has 5 heavy (non-hydrogen) atoms. The molecule has 0 atom stereocenters. The fourth-order valence-corrected chi connectivity index (χ4v) is 0. The van der Waals surface area contributed by atoms with Crippen LogP contribution in [0.4, 0.5) is 0 Å². The Morgan fingerprint density at radius 1 is 1.60 bits per heavy atom. The van der Waals surface area contributed by atoms with Crippen molar-refractivity contribution in [1.29, 1.82) is 0 Å². The van der Waals surface area contributed by atoms with Crippen molar-refractivity contribution in [3.8, 4) is 0 Å². The predicted octanol–water partition coefficient (Wildman–Crippen LogP) is 1.58. The van der Waals surface area contributed by atoms with E-state index in [9.17, 15) is 0 Å². The number of hydrogen-bond acceptors (Lipinski definition) is 0. The molecule has 0 unspecified atom stereocenters.